The monoisotopic (exact) mass is 356 g/mol. The van der Waals surface area contributed by atoms with Crippen molar-refractivity contribution in [2.45, 2.75) is 69.4 Å². The van der Waals surface area contributed by atoms with Gasteiger partial charge in [-0.25, -0.2) is 0 Å². The van der Waals surface area contributed by atoms with Gasteiger partial charge in [0.2, 0.25) is 17.7 Å². The summed E-state index contributed by atoms with van der Waals surface area (Å²) in [6.07, 6.45) is -0.299. The minimum atomic E-state index is -1.13. The Hall–Kier alpha value is -1.71. The molecule has 2 saturated heterocycles. The maximum absolute atomic E-state index is 13.1. The molecule has 3 amide bonds. The van der Waals surface area contributed by atoms with Gasteiger partial charge in [-0.2, -0.15) is 0 Å². The van der Waals surface area contributed by atoms with Crippen molar-refractivity contribution in [3.8, 4) is 0 Å². The SMILES string of the molecule is CCC(O)[C@H](N)C(=O)N1CCCC12CCN([C@H](C(N)=O)[C@@H](C)O)C2=O. The van der Waals surface area contributed by atoms with Gasteiger partial charge in [0.1, 0.15) is 17.6 Å². The van der Waals surface area contributed by atoms with Crippen LogP contribution in [0.15, 0.2) is 0 Å². The fourth-order valence-corrected chi connectivity index (χ4v) is 3.98. The van der Waals surface area contributed by atoms with E-state index < -0.39 is 41.6 Å². The molecule has 0 aromatic heterocycles. The molecule has 0 saturated carbocycles. The number of primary amides is 1. The molecule has 25 heavy (non-hydrogen) atoms. The highest BCUT2D eigenvalue weighted by atomic mass is 16.3. The molecule has 2 aliphatic heterocycles. The van der Waals surface area contributed by atoms with Gasteiger partial charge in [-0.3, -0.25) is 14.4 Å². The van der Waals surface area contributed by atoms with Crippen LogP contribution in [-0.2, 0) is 14.4 Å². The van der Waals surface area contributed by atoms with E-state index in [1.54, 1.807) is 6.92 Å². The van der Waals surface area contributed by atoms with Crippen molar-refractivity contribution in [3.05, 3.63) is 0 Å². The molecule has 0 aliphatic carbocycles. The molecular formula is C16H28N4O5. The number of rotatable bonds is 6. The van der Waals surface area contributed by atoms with Gasteiger partial charge in [0.15, 0.2) is 0 Å². The van der Waals surface area contributed by atoms with E-state index in [0.717, 1.165) is 0 Å². The van der Waals surface area contributed by atoms with Crippen molar-refractivity contribution >= 4 is 17.7 Å². The topological polar surface area (TPSA) is 150 Å². The smallest absolute Gasteiger partial charge is 0.249 e. The second-order valence-corrected chi connectivity index (χ2v) is 6.96. The highest BCUT2D eigenvalue weighted by Crippen LogP contribution is 2.40. The van der Waals surface area contributed by atoms with E-state index in [0.29, 0.717) is 32.2 Å². The Kier molecular flexibility index (Phi) is 5.70. The molecule has 1 spiro atoms. The molecule has 6 N–H and O–H groups in total. The van der Waals surface area contributed by atoms with Crippen LogP contribution in [0.4, 0.5) is 0 Å². The summed E-state index contributed by atoms with van der Waals surface area (Å²) in [5, 5.41) is 19.7. The van der Waals surface area contributed by atoms with E-state index in [9.17, 15) is 24.6 Å². The number of amides is 3. The summed E-state index contributed by atoms with van der Waals surface area (Å²) in [4.78, 5) is 40.2. The maximum Gasteiger partial charge on any atom is 0.249 e. The lowest BCUT2D eigenvalue weighted by molar-refractivity contribution is -0.152. The summed E-state index contributed by atoms with van der Waals surface area (Å²) in [5.41, 5.74) is 10.1. The zero-order valence-electron chi connectivity index (χ0n) is 14.7. The lowest BCUT2D eigenvalue weighted by atomic mass is 9.93. The molecule has 0 radical (unpaired) electrons. The van der Waals surface area contributed by atoms with Crippen molar-refractivity contribution in [2.24, 2.45) is 11.5 Å². The van der Waals surface area contributed by atoms with Gasteiger partial charge in [0.05, 0.1) is 12.2 Å². The Balaban J connectivity index is 2.27. The highest BCUT2D eigenvalue weighted by molar-refractivity contribution is 5.97. The van der Waals surface area contributed by atoms with E-state index in [4.69, 9.17) is 11.5 Å². The Morgan fingerprint density at radius 3 is 2.44 bits per heavy atom. The first-order valence-corrected chi connectivity index (χ1v) is 8.71. The van der Waals surface area contributed by atoms with Crippen molar-refractivity contribution in [1.29, 1.82) is 0 Å². The molecule has 142 valence electrons. The first kappa shape index (κ1) is 19.6. The van der Waals surface area contributed by atoms with Gasteiger partial charge in [-0.05, 0) is 32.6 Å². The molecule has 2 rings (SSSR count). The first-order chi connectivity index (χ1) is 11.7. The van der Waals surface area contributed by atoms with Crippen LogP contribution in [0, 0.1) is 0 Å². The molecule has 2 unspecified atom stereocenters. The van der Waals surface area contributed by atoms with Crippen molar-refractivity contribution in [2.75, 3.05) is 13.1 Å². The summed E-state index contributed by atoms with van der Waals surface area (Å²) in [6, 6.07) is -2.22. The van der Waals surface area contributed by atoms with Gasteiger partial charge in [-0.15, -0.1) is 0 Å². The summed E-state index contributed by atoms with van der Waals surface area (Å²) >= 11 is 0. The van der Waals surface area contributed by atoms with Crippen LogP contribution in [0.5, 0.6) is 0 Å². The number of likely N-dealkylation sites (tertiary alicyclic amines) is 2. The van der Waals surface area contributed by atoms with Gasteiger partial charge < -0.3 is 31.5 Å². The van der Waals surface area contributed by atoms with Gasteiger partial charge in [-0.1, -0.05) is 6.92 Å². The fourth-order valence-electron chi connectivity index (χ4n) is 3.98. The molecule has 2 aliphatic rings. The van der Waals surface area contributed by atoms with E-state index in [1.807, 2.05) is 0 Å². The number of carbonyl (C=O) groups excluding carboxylic acids is 3. The predicted molar refractivity (Wildman–Crippen MR) is 88.9 cm³/mol. The summed E-state index contributed by atoms with van der Waals surface area (Å²) in [5.74, 6) is -1.63. The summed E-state index contributed by atoms with van der Waals surface area (Å²) in [6.45, 7) is 3.73. The summed E-state index contributed by atoms with van der Waals surface area (Å²) in [7, 11) is 0. The van der Waals surface area contributed by atoms with Gasteiger partial charge >= 0.3 is 0 Å². The third-order valence-electron chi connectivity index (χ3n) is 5.38. The number of aliphatic hydroxyl groups is 2. The third-order valence-corrected chi connectivity index (χ3v) is 5.38. The molecule has 0 bridgehead atoms. The van der Waals surface area contributed by atoms with Crippen LogP contribution in [0.1, 0.15) is 39.5 Å². The van der Waals surface area contributed by atoms with E-state index in [-0.39, 0.29) is 12.5 Å². The Bertz CT molecular complexity index is 555. The number of nitrogens with zero attached hydrogens (tertiary/aromatic N) is 2. The third kappa shape index (κ3) is 3.23. The van der Waals surface area contributed by atoms with E-state index >= 15 is 0 Å². The lowest BCUT2D eigenvalue weighted by Crippen LogP contribution is -2.61. The van der Waals surface area contributed by atoms with Crippen molar-refractivity contribution in [3.63, 3.8) is 0 Å². The second kappa shape index (κ2) is 7.27. The predicted octanol–water partition coefficient (Wildman–Crippen LogP) is -2.09. The quantitative estimate of drug-likeness (QED) is 0.429. The van der Waals surface area contributed by atoms with Crippen LogP contribution in [0.2, 0.25) is 0 Å². The first-order valence-electron chi connectivity index (χ1n) is 8.71. The number of nitrogens with two attached hydrogens (primary N) is 2. The molecular weight excluding hydrogens is 328 g/mol. The minimum absolute atomic E-state index is 0.229. The Labute approximate surface area is 146 Å². The highest BCUT2D eigenvalue weighted by Gasteiger charge is 2.57. The number of aliphatic hydroxyl groups excluding tert-OH is 2. The van der Waals surface area contributed by atoms with E-state index in [1.165, 1.54) is 16.7 Å². The molecule has 9 heteroatoms. The van der Waals surface area contributed by atoms with Crippen LogP contribution in [-0.4, -0.2) is 80.7 Å². The Morgan fingerprint density at radius 1 is 1.28 bits per heavy atom. The van der Waals surface area contributed by atoms with Crippen LogP contribution in [0.3, 0.4) is 0 Å². The van der Waals surface area contributed by atoms with Crippen LogP contribution >= 0.6 is 0 Å². The molecule has 2 fully saturated rings. The zero-order chi connectivity index (χ0) is 18.9. The molecule has 5 atom stereocenters. The average Bonchev–Trinajstić information content (AvgIpc) is 3.12. The molecule has 9 nitrogen and oxygen atoms in total. The zero-order valence-corrected chi connectivity index (χ0v) is 14.7. The largest absolute Gasteiger partial charge is 0.391 e. The standard InChI is InChI=1S/C16H28N4O5/c1-3-10(22)11(17)14(24)20-7-4-5-16(20)6-8-19(15(16)25)12(9(2)21)13(18)23/h9-12,21-22H,3-8,17H2,1-2H3,(H2,18,23)/t9-,10?,11+,12+,16?/m1/s1. The van der Waals surface area contributed by atoms with Crippen LogP contribution in [0.25, 0.3) is 0 Å². The maximum atomic E-state index is 13.1. The van der Waals surface area contributed by atoms with Crippen LogP contribution < -0.4 is 11.5 Å². The number of hydrogen-bond donors (Lipinski definition) is 4. The number of hydrogen-bond acceptors (Lipinski definition) is 6. The van der Waals surface area contributed by atoms with Crippen molar-refractivity contribution in [1.82, 2.24) is 9.80 Å². The molecule has 0 aromatic rings. The van der Waals surface area contributed by atoms with Gasteiger partial charge in [0, 0.05) is 13.1 Å². The number of carbonyl (C=O) groups is 3. The minimum Gasteiger partial charge on any atom is -0.391 e. The fraction of sp³-hybridized carbons (Fsp3) is 0.812. The lowest BCUT2D eigenvalue weighted by Gasteiger charge is -2.37. The second-order valence-electron chi connectivity index (χ2n) is 6.96. The van der Waals surface area contributed by atoms with E-state index in [2.05, 4.69) is 0 Å². The van der Waals surface area contributed by atoms with Crippen molar-refractivity contribution < 1.29 is 24.6 Å². The summed E-state index contributed by atoms with van der Waals surface area (Å²) < 4.78 is 0. The molecule has 0 aromatic carbocycles. The van der Waals surface area contributed by atoms with Gasteiger partial charge in [0.25, 0.3) is 0 Å². The average molecular weight is 356 g/mol. The molecule has 2 heterocycles. The normalized spacial score (nSPS) is 28.3. The Morgan fingerprint density at radius 2 is 1.92 bits per heavy atom.